The molecule has 0 bridgehead atoms. The van der Waals surface area contributed by atoms with Crippen LogP contribution in [0.1, 0.15) is 22.7 Å². The van der Waals surface area contributed by atoms with Crippen LogP contribution in [0.25, 0.3) is 11.5 Å². The standard InChI is InChI=1S/C15H13F3N2O4/c1-8-11(20-13(24-8)9-5-3-2-4-6-9)12(21)19-10(14(22)23)7-15(16,17)18/h2-6,10H,7H2,1H3,(H,19,21)(H,22,23). The monoisotopic (exact) mass is 342 g/mol. The lowest BCUT2D eigenvalue weighted by atomic mass is 10.2. The normalized spacial score (nSPS) is 12.7. The Bertz CT molecular complexity index is 741. The fourth-order valence-corrected chi connectivity index (χ4v) is 1.97. The minimum Gasteiger partial charge on any atom is -0.480 e. The molecule has 0 saturated carbocycles. The second-order valence-electron chi connectivity index (χ2n) is 4.97. The summed E-state index contributed by atoms with van der Waals surface area (Å²) in [5, 5.41) is 10.6. The van der Waals surface area contributed by atoms with Gasteiger partial charge in [-0.1, -0.05) is 18.2 Å². The van der Waals surface area contributed by atoms with Crippen LogP contribution < -0.4 is 5.32 Å². The van der Waals surface area contributed by atoms with Gasteiger partial charge in [0.05, 0.1) is 6.42 Å². The van der Waals surface area contributed by atoms with Gasteiger partial charge in [0.2, 0.25) is 5.89 Å². The Labute approximate surface area is 134 Å². The quantitative estimate of drug-likeness (QED) is 0.872. The van der Waals surface area contributed by atoms with E-state index in [1.165, 1.54) is 6.92 Å². The second-order valence-corrected chi connectivity index (χ2v) is 4.97. The third-order valence-electron chi connectivity index (χ3n) is 3.07. The van der Waals surface area contributed by atoms with Gasteiger partial charge in [-0.2, -0.15) is 13.2 Å². The molecule has 1 aromatic heterocycles. The van der Waals surface area contributed by atoms with E-state index in [-0.39, 0.29) is 17.3 Å². The second kappa shape index (κ2) is 6.73. The van der Waals surface area contributed by atoms with E-state index in [2.05, 4.69) is 4.98 Å². The van der Waals surface area contributed by atoms with Crippen molar-refractivity contribution in [2.24, 2.45) is 0 Å². The highest BCUT2D eigenvalue weighted by Crippen LogP contribution is 2.23. The number of aryl methyl sites for hydroxylation is 1. The maximum atomic E-state index is 12.4. The summed E-state index contributed by atoms with van der Waals surface area (Å²) < 4.78 is 42.4. The molecule has 0 aliphatic rings. The summed E-state index contributed by atoms with van der Waals surface area (Å²) in [5.74, 6) is -2.65. The molecule has 0 radical (unpaired) electrons. The van der Waals surface area contributed by atoms with Crippen molar-refractivity contribution in [1.29, 1.82) is 0 Å². The smallest absolute Gasteiger partial charge is 0.391 e. The summed E-state index contributed by atoms with van der Waals surface area (Å²) in [5.41, 5.74) is 0.312. The summed E-state index contributed by atoms with van der Waals surface area (Å²) in [7, 11) is 0. The van der Waals surface area contributed by atoms with Gasteiger partial charge in [0.15, 0.2) is 5.69 Å². The number of carboxylic acids is 1. The van der Waals surface area contributed by atoms with E-state index < -0.39 is 30.5 Å². The number of rotatable bonds is 5. The first-order valence-electron chi connectivity index (χ1n) is 6.80. The average molecular weight is 342 g/mol. The van der Waals surface area contributed by atoms with Crippen molar-refractivity contribution in [3.63, 3.8) is 0 Å². The van der Waals surface area contributed by atoms with Gasteiger partial charge in [-0.05, 0) is 19.1 Å². The van der Waals surface area contributed by atoms with E-state index in [9.17, 15) is 22.8 Å². The van der Waals surface area contributed by atoms with Crippen molar-refractivity contribution < 1.29 is 32.3 Å². The Morgan fingerprint density at radius 1 is 1.29 bits per heavy atom. The van der Waals surface area contributed by atoms with E-state index in [0.29, 0.717) is 5.56 Å². The van der Waals surface area contributed by atoms with Gasteiger partial charge < -0.3 is 14.8 Å². The zero-order valence-corrected chi connectivity index (χ0v) is 12.4. The molecule has 2 aromatic rings. The van der Waals surface area contributed by atoms with Crippen LogP contribution in [0.3, 0.4) is 0 Å². The third-order valence-corrected chi connectivity index (χ3v) is 3.07. The fraction of sp³-hybridized carbons (Fsp3) is 0.267. The van der Waals surface area contributed by atoms with Gasteiger partial charge in [-0.3, -0.25) is 4.79 Å². The van der Waals surface area contributed by atoms with Crippen molar-refractivity contribution in [2.45, 2.75) is 25.6 Å². The van der Waals surface area contributed by atoms with Crippen molar-refractivity contribution in [3.05, 3.63) is 41.8 Å². The van der Waals surface area contributed by atoms with E-state index in [1.54, 1.807) is 30.3 Å². The zero-order valence-electron chi connectivity index (χ0n) is 12.4. The molecular formula is C15H13F3N2O4. The van der Waals surface area contributed by atoms with Crippen LogP contribution in [0.15, 0.2) is 34.7 Å². The number of hydrogen-bond acceptors (Lipinski definition) is 4. The largest absolute Gasteiger partial charge is 0.480 e. The Hall–Kier alpha value is -2.84. The molecule has 2 rings (SSSR count). The molecule has 128 valence electrons. The van der Waals surface area contributed by atoms with Crippen LogP contribution in [0, 0.1) is 6.92 Å². The van der Waals surface area contributed by atoms with E-state index in [4.69, 9.17) is 9.52 Å². The van der Waals surface area contributed by atoms with Gasteiger partial charge in [0.1, 0.15) is 11.8 Å². The molecular weight excluding hydrogens is 329 g/mol. The number of amides is 1. The molecule has 0 aliphatic carbocycles. The molecule has 1 unspecified atom stereocenters. The SMILES string of the molecule is Cc1oc(-c2ccccc2)nc1C(=O)NC(CC(F)(F)F)C(=O)O. The van der Waals surface area contributed by atoms with Crippen molar-refractivity contribution in [1.82, 2.24) is 10.3 Å². The zero-order chi connectivity index (χ0) is 17.9. The molecule has 1 atom stereocenters. The Morgan fingerprint density at radius 3 is 2.46 bits per heavy atom. The van der Waals surface area contributed by atoms with Gasteiger partial charge in [-0.15, -0.1) is 0 Å². The van der Waals surface area contributed by atoms with Crippen LogP contribution in [0.5, 0.6) is 0 Å². The maximum Gasteiger partial charge on any atom is 0.391 e. The number of carbonyl (C=O) groups excluding carboxylic acids is 1. The molecule has 1 amide bonds. The third kappa shape index (κ3) is 4.34. The average Bonchev–Trinajstić information content (AvgIpc) is 2.88. The predicted molar refractivity (Wildman–Crippen MR) is 76.2 cm³/mol. The number of oxazole rings is 1. The van der Waals surface area contributed by atoms with Crippen LogP contribution in [-0.2, 0) is 4.79 Å². The molecule has 1 aromatic carbocycles. The van der Waals surface area contributed by atoms with Gasteiger partial charge in [0.25, 0.3) is 5.91 Å². The van der Waals surface area contributed by atoms with Crippen LogP contribution in [-0.4, -0.2) is 34.2 Å². The topological polar surface area (TPSA) is 92.4 Å². The Balaban J connectivity index is 2.20. The molecule has 0 fully saturated rings. The molecule has 24 heavy (non-hydrogen) atoms. The summed E-state index contributed by atoms with van der Waals surface area (Å²) in [4.78, 5) is 26.9. The highest BCUT2D eigenvalue weighted by molar-refractivity contribution is 5.96. The molecule has 0 spiro atoms. The highest BCUT2D eigenvalue weighted by atomic mass is 19.4. The van der Waals surface area contributed by atoms with Crippen LogP contribution in [0.2, 0.25) is 0 Å². The molecule has 6 nitrogen and oxygen atoms in total. The van der Waals surface area contributed by atoms with Crippen molar-refractivity contribution >= 4 is 11.9 Å². The molecule has 1 heterocycles. The fourth-order valence-electron chi connectivity index (χ4n) is 1.97. The number of carbonyl (C=O) groups is 2. The number of aliphatic carboxylic acids is 1. The molecule has 2 N–H and O–H groups in total. The Morgan fingerprint density at radius 2 is 1.92 bits per heavy atom. The van der Waals surface area contributed by atoms with E-state index in [0.717, 1.165) is 0 Å². The van der Waals surface area contributed by atoms with E-state index >= 15 is 0 Å². The van der Waals surface area contributed by atoms with E-state index in [1.807, 2.05) is 5.32 Å². The molecule has 0 aliphatic heterocycles. The van der Waals surface area contributed by atoms with Gasteiger partial charge in [0, 0.05) is 5.56 Å². The van der Waals surface area contributed by atoms with Crippen molar-refractivity contribution in [3.8, 4) is 11.5 Å². The Kier molecular flexibility index (Phi) is 4.91. The summed E-state index contributed by atoms with van der Waals surface area (Å²) in [6, 6.07) is 6.46. The number of carboxylic acid groups (broad SMARTS) is 1. The van der Waals surface area contributed by atoms with Crippen LogP contribution in [0.4, 0.5) is 13.2 Å². The molecule has 9 heteroatoms. The number of benzene rings is 1. The minimum absolute atomic E-state index is 0.0718. The molecule has 0 saturated heterocycles. The predicted octanol–water partition coefficient (Wildman–Crippen LogP) is 2.79. The number of aromatic nitrogens is 1. The summed E-state index contributed by atoms with van der Waals surface area (Å²) >= 11 is 0. The minimum atomic E-state index is -4.73. The summed E-state index contributed by atoms with van der Waals surface area (Å²) in [6.07, 6.45) is -6.42. The first-order valence-corrected chi connectivity index (χ1v) is 6.80. The van der Waals surface area contributed by atoms with Crippen LogP contribution >= 0.6 is 0 Å². The number of nitrogens with one attached hydrogen (secondary N) is 1. The van der Waals surface area contributed by atoms with Crippen molar-refractivity contribution in [2.75, 3.05) is 0 Å². The lowest BCUT2D eigenvalue weighted by molar-refractivity contribution is -0.157. The highest BCUT2D eigenvalue weighted by Gasteiger charge is 2.37. The lowest BCUT2D eigenvalue weighted by Gasteiger charge is -2.15. The lowest BCUT2D eigenvalue weighted by Crippen LogP contribution is -2.43. The first kappa shape index (κ1) is 17.5. The van der Waals surface area contributed by atoms with Gasteiger partial charge in [-0.25, -0.2) is 9.78 Å². The maximum absolute atomic E-state index is 12.4. The number of nitrogens with zero attached hydrogens (tertiary/aromatic N) is 1. The number of halogens is 3. The number of hydrogen-bond donors (Lipinski definition) is 2. The summed E-state index contributed by atoms with van der Waals surface area (Å²) in [6.45, 7) is 1.41. The van der Waals surface area contributed by atoms with Gasteiger partial charge >= 0.3 is 12.1 Å². The number of alkyl halides is 3. The first-order chi connectivity index (χ1) is 11.2.